The van der Waals surface area contributed by atoms with Crippen LogP contribution in [-0.4, -0.2) is 48.7 Å². The number of hydrogen-bond donors (Lipinski definition) is 1. The van der Waals surface area contributed by atoms with E-state index >= 15 is 0 Å². The molecule has 1 N–H and O–H groups in total. The maximum atomic E-state index is 12.4. The largest absolute Gasteiger partial charge is 0.452 e. The zero-order valence-corrected chi connectivity index (χ0v) is 19.5. The van der Waals surface area contributed by atoms with E-state index in [1.54, 1.807) is 12.1 Å². The lowest BCUT2D eigenvalue weighted by Gasteiger charge is -2.35. The summed E-state index contributed by atoms with van der Waals surface area (Å²) in [6.07, 6.45) is 2.07. The van der Waals surface area contributed by atoms with Crippen LogP contribution in [0.5, 0.6) is 0 Å². The molecule has 6 nitrogen and oxygen atoms in total. The molecule has 2 aromatic carbocycles. The lowest BCUT2D eigenvalue weighted by Crippen LogP contribution is -2.44. The third-order valence-electron chi connectivity index (χ3n) is 5.69. The number of morpholine rings is 1. The molecule has 1 heterocycles. The van der Waals surface area contributed by atoms with Gasteiger partial charge in [0, 0.05) is 25.3 Å². The Balaban J connectivity index is 1.52. The third kappa shape index (κ3) is 6.40. The Bertz CT molecular complexity index is 894. The van der Waals surface area contributed by atoms with Crippen molar-refractivity contribution in [2.75, 3.05) is 25.0 Å². The summed E-state index contributed by atoms with van der Waals surface area (Å²) in [5, 5.41) is 2.92. The summed E-state index contributed by atoms with van der Waals surface area (Å²) in [5.41, 5.74) is 4.54. The number of anilines is 1. The van der Waals surface area contributed by atoms with Crippen molar-refractivity contribution in [2.24, 2.45) is 0 Å². The van der Waals surface area contributed by atoms with Crippen LogP contribution in [0.3, 0.4) is 0 Å². The van der Waals surface area contributed by atoms with Crippen molar-refractivity contribution >= 4 is 17.6 Å². The number of carbonyl (C=O) groups is 2. The van der Waals surface area contributed by atoms with E-state index in [9.17, 15) is 9.59 Å². The van der Waals surface area contributed by atoms with Gasteiger partial charge in [0.1, 0.15) is 0 Å². The second-order valence-electron chi connectivity index (χ2n) is 8.43. The maximum absolute atomic E-state index is 12.4. The smallest absolute Gasteiger partial charge is 0.338 e. The average molecular weight is 439 g/mol. The number of rotatable bonds is 8. The van der Waals surface area contributed by atoms with E-state index in [4.69, 9.17) is 9.47 Å². The van der Waals surface area contributed by atoms with Crippen molar-refractivity contribution in [1.82, 2.24) is 4.90 Å². The highest BCUT2D eigenvalue weighted by Crippen LogP contribution is 2.22. The number of benzene rings is 2. The third-order valence-corrected chi connectivity index (χ3v) is 5.69. The van der Waals surface area contributed by atoms with Crippen molar-refractivity contribution in [1.29, 1.82) is 0 Å². The molecule has 6 heteroatoms. The van der Waals surface area contributed by atoms with Gasteiger partial charge in [0.05, 0.1) is 17.8 Å². The van der Waals surface area contributed by atoms with Crippen LogP contribution < -0.4 is 5.32 Å². The number of hydrogen-bond acceptors (Lipinski definition) is 5. The molecule has 0 radical (unpaired) electrons. The highest BCUT2D eigenvalue weighted by Gasteiger charge is 2.22. The van der Waals surface area contributed by atoms with E-state index in [0.717, 1.165) is 54.9 Å². The summed E-state index contributed by atoms with van der Waals surface area (Å²) in [5.74, 6) is -0.832. The second-order valence-corrected chi connectivity index (χ2v) is 8.43. The SMILES string of the molecule is CCc1cccc(CC)c1NC(=O)COC(=O)c1ccc(CN2CC(C)OC(C)C2)cc1. The maximum Gasteiger partial charge on any atom is 0.338 e. The van der Waals surface area contributed by atoms with Gasteiger partial charge in [-0.15, -0.1) is 0 Å². The van der Waals surface area contributed by atoms with Gasteiger partial charge in [-0.1, -0.05) is 44.2 Å². The minimum Gasteiger partial charge on any atom is -0.452 e. The van der Waals surface area contributed by atoms with Gasteiger partial charge in [-0.25, -0.2) is 4.79 Å². The quantitative estimate of drug-likeness (QED) is 0.625. The second kappa shape index (κ2) is 11.2. The van der Waals surface area contributed by atoms with E-state index in [0.29, 0.717) is 5.56 Å². The van der Waals surface area contributed by atoms with Gasteiger partial charge in [0.2, 0.25) is 0 Å². The monoisotopic (exact) mass is 438 g/mol. The number of para-hydroxylation sites is 1. The Labute approximate surface area is 190 Å². The Kier molecular flexibility index (Phi) is 8.42. The van der Waals surface area contributed by atoms with Crippen molar-refractivity contribution in [2.45, 2.75) is 59.3 Å². The molecule has 2 aromatic rings. The molecule has 1 aliphatic heterocycles. The number of carbonyl (C=O) groups excluding carboxylic acids is 2. The van der Waals surface area contributed by atoms with Gasteiger partial charge in [-0.3, -0.25) is 9.69 Å². The molecule has 0 spiro atoms. The fourth-order valence-electron chi connectivity index (χ4n) is 4.21. The number of esters is 1. The summed E-state index contributed by atoms with van der Waals surface area (Å²) in [6.45, 7) is 10.6. The van der Waals surface area contributed by atoms with Crippen LogP contribution in [0, 0.1) is 0 Å². The van der Waals surface area contributed by atoms with Crippen LogP contribution in [0.2, 0.25) is 0 Å². The number of amides is 1. The van der Waals surface area contributed by atoms with Crippen LogP contribution in [-0.2, 0) is 33.7 Å². The topological polar surface area (TPSA) is 67.9 Å². The standard InChI is InChI=1S/C26H34N2O4/c1-5-21-8-7-9-22(6-2)25(21)27-24(29)17-31-26(30)23-12-10-20(11-13-23)16-28-14-18(3)32-19(4)15-28/h7-13,18-19H,5-6,14-17H2,1-4H3,(H,27,29). The van der Waals surface area contributed by atoms with Gasteiger partial charge in [0.25, 0.3) is 5.91 Å². The van der Waals surface area contributed by atoms with Crippen LogP contribution >= 0.6 is 0 Å². The minimum absolute atomic E-state index is 0.219. The summed E-state index contributed by atoms with van der Waals surface area (Å²) >= 11 is 0. The van der Waals surface area contributed by atoms with Crippen molar-refractivity contribution < 1.29 is 19.1 Å². The first-order valence-corrected chi connectivity index (χ1v) is 11.4. The van der Waals surface area contributed by atoms with E-state index in [1.807, 2.05) is 44.2 Å². The number of aryl methyl sites for hydroxylation is 2. The predicted molar refractivity (Wildman–Crippen MR) is 126 cm³/mol. The van der Waals surface area contributed by atoms with E-state index < -0.39 is 5.97 Å². The fraction of sp³-hybridized carbons (Fsp3) is 0.462. The number of ether oxygens (including phenoxy) is 2. The van der Waals surface area contributed by atoms with Crippen LogP contribution in [0.1, 0.15) is 54.7 Å². The Morgan fingerprint density at radius 3 is 2.16 bits per heavy atom. The zero-order valence-electron chi connectivity index (χ0n) is 19.5. The van der Waals surface area contributed by atoms with E-state index in [2.05, 4.69) is 24.1 Å². The molecule has 0 saturated carbocycles. The average Bonchev–Trinajstić information content (AvgIpc) is 2.77. The zero-order chi connectivity index (χ0) is 23.1. The lowest BCUT2D eigenvalue weighted by molar-refractivity contribution is -0.119. The highest BCUT2D eigenvalue weighted by atomic mass is 16.5. The molecule has 3 rings (SSSR count). The molecule has 172 valence electrons. The molecule has 0 aromatic heterocycles. The van der Waals surface area contributed by atoms with Gasteiger partial charge in [-0.2, -0.15) is 0 Å². The number of nitrogens with one attached hydrogen (secondary N) is 1. The number of nitrogens with zero attached hydrogens (tertiary/aromatic N) is 1. The summed E-state index contributed by atoms with van der Waals surface area (Å²) in [6, 6.07) is 13.4. The van der Waals surface area contributed by atoms with Gasteiger partial charge in [0.15, 0.2) is 6.61 Å². The van der Waals surface area contributed by atoms with Gasteiger partial charge < -0.3 is 14.8 Å². The molecule has 1 saturated heterocycles. The van der Waals surface area contributed by atoms with Crippen molar-refractivity contribution in [3.63, 3.8) is 0 Å². The molecule has 32 heavy (non-hydrogen) atoms. The highest BCUT2D eigenvalue weighted by molar-refractivity contribution is 5.96. The Morgan fingerprint density at radius 2 is 1.59 bits per heavy atom. The van der Waals surface area contributed by atoms with E-state index in [1.165, 1.54) is 0 Å². The first kappa shape index (κ1) is 24.0. The van der Waals surface area contributed by atoms with Crippen LogP contribution in [0.4, 0.5) is 5.69 Å². The van der Waals surface area contributed by atoms with Crippen molar-refractivity contribution in [3.05, 3.63) is 64.7 Å². The first-order chi connectivity index (χ1) is 15.4. The molecule has 1 amide bonds. The Hall–Kier alpha value is -2.70. The molecule has 1 fully saturated rings. The molecule has 2 atom stereocenters. The van der Waals surface area contributed by atoms with Crippen LogP contribution in [0.15, 0.2) is 42.5 Å². The van der Waals surface area contributed by atoms with Gasteiger partial charge in [-0.05, 0) is 55.5 Å². The molecule has 1 aliphatic rings. The van der Waals surface area contributed by atoms with Gasteiger partial charge >= 0.3 is 5.97 Å². The minimum atomic E-state index is -0.500. The van der Waals surface area contributed by atoms with Crippen molar-refractivity contribution in [3.8, 4) is 0 Å². The normalized spacial score (nSPS) is 18.9. The van der Waals surface area contributed by atoms with Crippen LogP contribution in [0.25, 0.3) is 0 Å². The van der Waals surface area contributed by atoms with E-state index in [-0.39, 0.29) is 24.7 Å². The molecule has 0 aliphatic carbocycles. The Morgan fingerprint density at radius 1 is 1.00 bits per heavy atom. The molecule has 2 unspecified atom stereocenters. The summed E-state index contributed by atoms with van der Waals surface area (Å²) < 4.78 is 11.0. The summed E-state index contributed by atoms with van der Waals surface area (Å²) in [4.78, 5) is 27.2. The molecular weight excluding hydrogens is 404 g/mol. The molecular formula is C26H34N2O4. The lowest BCUT2D eigenvalue weighted by atomic mass is 10.0. The fourth-order valence-corrected chi connectivity index (χ4v) is 4.21. The predicted octanol–water partition coefficient (Wildman–Crippen LogP) is 4.22. The molecule has 0 bridgehead atoms. The summed E-state index contributed by atoms with van der Waals surface area (Å²) in [7, 11) is 0. The first-order valence-electron chi connectivity index (χ1n) is 11.4.